The summed E-state index contributed by atoms with van der Waals surface area (Å²) in [5, 5.41) is 24.6. The topological polar surface area (TPSA) is 118 Å². The molecule has 7 rings (SSSR count). The van der Waals surface area contributed by atoms with Gasteiger partial charge in [-0.3, -0.25) is 4.90 Å². The maximum atomic E-state index is 13.1. The smallest absolute Gasteiger partial charge is 0.413 e. The average molecular weight is 627 g/mol. The summed E-state index contributed by atoms with van der Waals surface area (Å²) in [5.41, 5.74) is -0.281. The Hall–Kier alpha value is -2.36. The van der Waals surface area contributed by atoms with E-state index in [0.29, 0.717) is 23.5 Å². The van der Waals surface area contributed by atoms with Crippen molar-refractivity contribution in [1.29, 1.82) is 0 Å². The maximum Gasteiger partial charge on any atom is 0.413 e. The zero-order chi connectivity index (χ0) is 32.9. The monoisotopic (exact) mass is 626 g/mol. The molecule has 6 aliphatic rings. The molecule has 1 aromatic rings. The van der Waals surface area contributed by atoms with Crippen LogP contribution in [0.4, 0.5) is 4.79 Å². The number of piperidine rings is 1. The maximum absolute atomic E-state index is 13.1. The first-order chi connectivity index (χ1) is 21.0. The van der Waals surface area contributed by atoms with Crippen LogP contribution in [0.3, 0.4) is 0 Å². The quantitative estimate of drug-likeness (QED) is 0.327. The van der Waals surface area contributed by atoms with Crippen LogP contribution in [0.2, 0.25) is 0 Å². The molecule has 0 aromatic heterocycles. The summed E-state index contributed by atoms with van der Waals surface area (Å²) < 4.78 is 19.7. The standard InChI is InChI=1S/C36H54N2O7/c1-10-21(4)19-38-16-15-35-26-22-11-12-23(44-31(41)37-27(20(2)3)29(39)40)28(26)45-30(35)36(43-9)14-13-34(35,25(38)17-22)18-24(36)33(8,42)32(5,6)7/h11-12,20-21,24-25,27,30,42H,10,13-19H2,1-9H3,(H,37,41)(H,39,40)/t21?,24-,25-,27?,30-,33-,34-,35+,36+/m1/s1. The van der Waals surface area contributed by atoms with Gasteiger partial charge in [-0.15, -0.1) is 0 Å². The molecule has 2 aliphatic heterocycles. The number of carbonyl (C=O) groups excluding carboxylic acids is 1. The van der Waals surface area contributed by atoms with Gasteiger partial charge in [-0.2, -0.15) is 0 Å². The van der Waals surface area contributed by atoms with Gasteiger partial charge in [0.05, 0.1) is 5.60 Å². The van der Waals surface area contributed by atoms with Gasteiger partial charge >= 0.3 is 12.1 Å². The lowest BCUT2D eigenvalue weighted by molar-refractivity contribution is -0.312. The molecule has 1 amide bonds. The van der Waals surface area contributed by atoms with Crippen LogP contribution in [0.15, 0.2) is 12.1 Å². The Morgan fingerprint density at radius 2 is 1.87 bits per heavy atom. The molecule has 45 heavy (non-hydrogen) atoms. The van der Waals surface area contributed by atoms with Gasteiger partial charge in [-0.25, -0.2) is 9.59 Å². The number of ether oxygens (including phenoxy) is 3. The number of hydrogen-bond acceptors (Lipinski definition) is 7. The number of likely N-dealkylation sites (tertiary alicyclic amines) is 1. The fourth-order valence-corrected chi connectivity index (χ4v) is 10.3. The molecule has 2 unspecified atom stereocenters. The van der Waals surface area contributed by atoms with Crippen LogP contribution in [0.1, 0.15) is 98.6 Å². The van der Waals surface area contributed by atoms with E-state index in [1.807, 2.05) is 13.0 Å². The van der Waals surface area contributed by atoms with E-state index in [0.717, 1.165) is 57.2 Å². The number of rotatable bonds is 9. The van der Waals surface area contributed by atoms with Crippen LogP contribution >= 0.6 is 0 Å². The third-order valence-electron chi connectivity index (χ3n) is 13.3. The van der Waals surface area contributed by atoms with Crippen molar-refractivity contribution in [3.05, 3.63) is 23.3 Å². The number of carboxylic acid groups (broad SMARTS) is 1. The van der Waals surface area contributed by atoms with E-state index >= 15 is 0 Å². The number of benzene rings is 1. The minimum Gasteiger partial charge on any atom is -0.482 e. The number of carboxylic acids is 1. The van der Waals surface area contributed by atoms with Crippen LogP contribution in [0, 0.1) is 28.6 Å². The summed E-state index contributed by atoms with van der Waals surface area (Å²) in [7, 11) is 1.77. The summed E-state index contributed by atoms with van der Waals surface area (Å²) in [4.78, 5) is 27.7. The highest BCUT2D eigenvalue weighted by Crippen LogP contribution is 2.78. The first-order valence-electron chi connectivity index (χ1n) is 17.1. The Balaban J connectivity index is 1.50. The molecule has 4 bridgehead atoms. The van der Waals surface area contributed by atoms with E-state index in [1.54, 1.807) is 21.0 Å². The van der Waals surface area contributed by atoms with Crippen molar-refractivity contribution in [3.8, 4) is 11.5 Å². The molecule has 9 nitrogen and oxygen atoms in total. The fourth-order valence-electron chi connectivity index (χ4n) is 10.3. The molecule has 3 N–H and O–H groups in total. The number of nitrogens with one attached hydrogen (secondary N) is 1. The zero-order valence-electron chi connectivity index (χ0n) is 28.7. The minimum absolute atomic E-state index is 0.144. The largest absolute Gasteiger partial charge is 0.482 e. The van der Waals surface area contributed by atoms with Gasteiger partial charge in [-0.05, 0) is 74.5 Å². The first-order valence-corrected chi connectivity index (χ1v) is 17.1. The van der Waals surface area contributed by atoms with Gasteiger partial charge in [0.25, 0.3) is 0 Å². The first kappa shape index (κ1) is 32.6. The lowest BCUT2D eigenvalue weighted by Gasteiger charge is -2.75. The molecular formula is C36H54N2O7. The number of aliphatic carboxylic acids is 1. The second-order valence-corrected chi connectivity index (χ2v) is 16.4. The van der Waals surface area contributed by atoms with Crippen LogP contribution < -0.4 is 14.8 Å². The molecule has 4 aliphatic carbocycles. The Labute approximate surface area is 268 Å². The van der Waals surface area contributed by atoms with Crippen molar-refractivity contribution in [3.63, 3.8) is 0 Å². The number of methoxy groups -OCH3 is 1. The van der Waals surface area contributed by atoms with Gasteiger partial charge in [0.2, 0.25) is 0 Å². The Kier molecular flexibility index (Phi) is 7.66. The SMILES string of the molecule is CCC(C)CN1CC[C@]23c4c5ccc(OC(=O)NC(C(=O)O)C(C)C)c4O[C@H]2[C@]2(OC)CC[C@@]3(C[C@@H]2[C@@](C)(O)C(C)(C)C)[C@H]1C5. The second kappa shape index (κ2) is 10.6. The van der Waals surface area contributed by atoms with Gasteiger partial charge < -0.3 is 29.7 Å². The molecule has 9 atom stereocenters. The third-order valence-corrected chi connectivity index (χ3v) is 13.3. The zero-order valence-corrected chi connectivity index (χ0v) is 28.7. The predicted octanol–water partition coefficient (Wildman–Crippen LogP) is 5.54. The van der Waals surface area contributed by atoms with Crippen LogP contribution in [-0.2, 0) is 21.4 Å². The molecule has 250 valence electrons. The Morgan fingerprint density at radius 1 is 1.16 bits per heavy atom. The minimum atomic E-state index is -1.11. The highest BCUT2D eigenvalue weighted by molar-refractivity contribution is 5.81. The van der Waals surface area contributed by atoms with E-state index in [9.17, 15) is 19.8 Å². The summed E-state index contributed by atoms with van der Waals surface area (Å²) in [6, 6.07) is 3.13. The van der Waals surface area contributed by atoms with Gasteiger partial charge in [0, 0.05) is 42.0 Å². The van der Waals surface area contributed by atoms with E-state index in [-0.39, 0.29) is 28.8 Å². The van der Waals surface area contributed by atoms with Crippen molar-refractivity contribution < 1.29 is 34.0 Å². The number of hydrogen-bond donors (Lipinski definition) is 3. The fraction of sp³-hybridized carbons (Fsp3) is 0.778. The van der Waals surface area contributed by atoms with Crippen molar-refractivity contribution in [2.45, 2.75) is 129 Å². The molecular weight excluding hydrogens is 572 g/mol. The number of nitrogens with zero attached hydrogens (tertiary/aromatic N) is 1. The summed E-state index contributed by atoms with van der Waals surface area (Å²) in [5.74, 6) is -0.111. The summed E-state index contributed by atoms with van der Waals surface area (Å²) >= 11 is 0. The van der Waals surface area contributed by atoms with Crippen molar-refractivity contribution in [1.82, 2.24) is 10.2 Å². The second-order valence-electron chi connectivity index (χ2n) is 16.4. The molecule has 4 fully saturated rings. The van der Waals surface area contributed by atoms with E-state index in [1.165, 1.54) is 5.56 Å². The molecule has 3 saturated carbocycles. The average Bonchev–Trinajstić information content (AvgIpc) is 3.34. The third kappa shape index (κ3) is 4.28. The number of fused-ring (bicyclic) bond motifs is 2. The lowest BCUT2D eigenvalue weighted by Crippen LogP contribution is -2.83. The molecule has 2 spiro atoms. The highest BCUT2D eigenvalue weighted by atomic mass is 16.6. The van der Waals surface area contributed by atoms with E-state index in [2.05, 4.69) is 50.9 Å². The van der Waals surface area contributed by atoms with Crippen LogP contribution in [0.5, 0.6) is 11.5 Å². The predicted molar refractivity (Wildman–Crippen MR) is 171 cm³/mol. The van der Waals surface area contributed by atoms with Crippen LogP contribution in [0.25, 0.3) is 0 Å². The number of amides is 1. The normalized spacial score (nSPS) is 35.7. The number of aliphatic hydroxyl groups is 1. The molecule has 2 heterocycles. The van der Waals surface area contributed by atoms with Crippen molar-refractivity contribution in [2.75, 3.05) is 20.2 Å². The number of carbonyl (C=O) groups is 2. The van der Waals surface area contributed by atoms with E-state index in [4.69, 9.17) is 14.2 Å². The van der Waals surface area contributed by atoms with Crippen molar-refractivity contribution >= 4 is 12.1 Å². The van der Waals surface area contributed by atoms with Crippen LogP contribution in [-0.4, -0.2) is 76.8 Å². The summed E-state index contributed by atoms with van der Waals surface area (Å²) in [6.07, 6.45) is 4.36. The lowest BCUT2D eigenvalue weighted by atomic mass is 9.33. The molecule has 9 heteroatoms. The Bertz CT molecular complexity index is 1370. The molecule has 1 saturated heterocycles. The summed E-state index contributed by atoms with van der Waals surface area (Å²) in [6.45, 7) is 18.4. The Morgan fingerprint density at radius 3 is 2.47 bits per heavy atom. The van der Waals surface area contributed by atoms with Gasteiger partial charge in [0.15, 0.2) is 11.5 Å². The molecule has 0 radical (unpaired) electrons. The van der Waals surface area contributed by atoms with E-state index < -0.39 is 34.7 Å². The van der Waals surface area contributed by atoms with Gasteiger partial charge in [0.1, 0.15) is 17.7 Å². The van der Waals surface area contributed by atoms with Crippen molar-refractivity contribution in [2.24, 2.45) is 28.6 Å². The highest BCUT2D eigenvalue weighted by Gasteiger charge is 2.82. The van der Waals surface area contributed by atoms with Gasteiger partial charge in [-0.1, -0.05) is 61.0 Å². The molecule has 1 aromatic carbocycles.